The zero-order chi connectivity index (χ0) is 12.1. The van der Waals surface area contributed by atoms with E-state index >= 15 is 0 Å². The lowest BCUT2D eigenvalue weighted by atomic mass is 10.2. The Morgan fingerprint density at radius 3 is 2.89 bits per heavy atom. The van der Waals surface area contributed by atoms with Crippen molar-refractivity contribution in [1.29, 1.82) is 0 Å². The van der Waals surface area contributed by atoms with Gasteiger partial charge in [0.05, 0.1) is 11.0 Å². The highest BCUT2D eigenvalue weighted by molar-refractivity contribution is 5.90. The summed E-state index contributed by atoms with van der Waals surface area (Å²) in [6.45, 7) is 0. The monoisotopic (exact) mass is 234 g/mol. The molecule has 4 aromatic rings. The molecule has 0 unspecified atom stereocenters. The second-order valence-corrected chi connectivity index (χ2v) is 4.30. The molecule has 2 N–H and O–H groups in total. The lowest BCUT2D eigenvalue weighted by Crippen LogP contribution is -1.90. The minimum atomic E-state index is 0.766. The van der Waals surface area contributed by atoms with E-state index in [1.54, 1.807) is 6.20 Å². The van der Waals surface area contributed by atoms with E-state index in [0.717, 1.165) is 33.4 Å². The second kappa shape index (κ2) is 3.20. The van der Waals surface area contributed by atoms with Crippen LogP contribution in [0.15, 0.2) is 48.7 Å². The molecule has 3 heterocycles. The van der Waals surface area contributed by atoms with E-state index in [-0.39, 0.29) is 0 Å². The van der Waals surface area contributed by atoms with Gasteiger partial charge in [-0.1, -0.05) is 0 Å². The molecule has 4 rings (SSSR count). The SMILES string of the molecule is Nc1ccc2c(ccc3nc4ncccc4n32)c1. The van der Waals surface area contributed by atoms with Crippen LogP contribution < -0.4 is 5.73 Å². The molecule has 0 bridgehead atoms. The molecule has 0 aliphatic heterocycles. The fourth-order valence-corrected chi connectivity index (χ4v) is 2.37. The first kappa shape index (κ1) is 9.41. The number of nitrogens with two attached hydrogens (primary N) is 1. The topological polar surface area (TPSA) is 56.2 Å². The maximum absolute atomic E-state index is 5.82. The van der Waals surface area contributed by atoms with Gasteiger partial charge < -0.3 is 5.73 Å². The van der Waals surface area contributed by atoms with E-state index < -0.39 is 0 Å². The van der Waals surface area contributed by atoms with E-state index in [4.69, 9.17) is 5.73 Å². The number of nitrogens with zero attached hydrogens (tertiary/aromatic N) is 3. The molecule has 0 spiro atoms. The number of hydrogen-bond acceptors (Lipinski definition) is 3. The number of aromatic nitrogens is 3. The normalized spacial score (nSPS) is 11.6. The van der Waals surface area contributed by atoms with Gasteiger partial charge in [-0.3, -0.25) is 4.40 Å². The van der Waals surface area contributed by atoms with Gasteiger partial charge >= 0.3 is 0 Å². The predicted octanol–water partition coefficient (Wildman–Crippen LogP) is 2.62. The van der Waals surface area contributed by atoms with Gasteiger partial charge in [-0.2, -0.15) is 0 Å². The first-order chi connectivity index (χ1) is 8.83. The molecule has 0 saturated heterocycles. The molecule has 0 atom stereocenters. The van der Waals surface area contributed by atoms with Gasteiger partial charge in [0.25, 0.3) is 0 Å². The number of hydrogen-bond donors (Lipinski definition) is 1. The smallest absolute Gasteiger partial charge is 0.178 e. The highest BCUT2D eigenvalue weighted by Gasteiger charge is 2.07. The first-order valence-electron chi connectivity index (χ1n) is 5.74. The number of benzene rings is 1. The van der Waals surface area contributed by atoms with Gasteiger partial charge in [0.15, 0.2) is 5.65 Å². The van der Waals surface area contributed by atoms with E-state index in [0.29, 0.717) is 0 Å². The van der Waals surface area contributed by atoms with Crippen molar-refractivity contribution in [3.63, 3.8) is 0 Å². The molecular formula is C14H10N4. The third kappa shape index (κ3) is 1.14. The molecule has 18 heavy (non-hydrogen) atoms. The summed E-state index contributed by atoms with van der Waals surface area (Å²) in [6.07, 6.45) is 1.76. The third-order valence-corrected chi connectivity index (χ3v) is 3.16. The number of rotatable bonds is 0. The van der Waals surface area contributed by atoms with Gasteiger partial charge in [0.1, 0.15) is 5.65 Å². The van der Waals surface area contributed by atoms with Crippen LogP contribution in [-0.4, -0.2) is 14.4 Å². The van der Waals surface area contributed by atoms with Crippen LogP contribution >= 0.6 is 0 Å². The fourth-order valence-electron chi connectivity index (χ4n) is 2.37. The lowest BCUT2D eigenvalue weighted by molar-refractivity contribution is 1.30. The minimum absolute atomic E-state index is 0.766. The third-order valence-electron chi connectivity index (χ3n) is 3.16. The molecule has 0 radical (unpaired) electrons. The molecule has 0 saturated carbocycles. The van der Waals surface area contributed by atoms with Crippen molar-refractivity contribution >= 4 is 33.4 Å². The van der Waals surface area contributed by atoms with Gasteiger partial charge in [-0.25, -0.2) is 9.97 Å². The summed E-state index contributed by atoms with van der Waals surface area (Å²) in [5, 5.41) is 1.10. The van der Waals surface area contributed by atoms with Gasteiger partial charge in [0.2, 0.25) is 0 Å². The number of pyridine rings is 2. The van der Waals surface area contributed by atoms with Crippen LogP contribution in [0.1, 0.15) is 0 Å². The van der Waals surface area contributed by atoms with Gasteiger partial charge in [0, 0.05) is 17.3 Å². The predicted molar refractivity (Wildman–Crippen MR) is 72.4 cm³/mol. The van der Waals surface area contributed by atoms with Crippen molar-refractivity contribution in [1.82, 2.24) is 14.4 Å². The van der Waals surface area contributed by atoms with Crippen LogP contribution in [0, 0.1) is 0 Å². The summed E-state index contributed by atoms with van der Waals surface area (Å²) in [7, 11) is 0. The Hall–Kier alpha value is -2.62. The summed E-state index contributed by atoms with van der Waals surface area (Å²) in [6, 6.07) is 13.9. The molecule has 0 amide bonds. The Labute approximate surface area is 103 Å². The zero-order valence-corrected chi connectivity index (χ0v) is 9.54. The van der Waals surface area contributed by atoms with Crippen molar-refractivity contribution in [3.05, 3.63) is 48.7 Å². The van der Waals surface area contributed by atoms with Crippen LogP contribution in [0.4, 0.5) is 5.69 Å². The van der Waals surface area contributed by atoms with Crippen molar-refractivity contribution in [3.8, 4) is 0 Å². The standard InChI is InChI=1S/C14H10N4/c15-10-4-5-11-9(8-10)3-6-13-17-14-12(18(11)13)2-1-7-16-14/h1-8H,15H2. The Bertz CT molecular complexity index is 892. The maximum Gasteiger partial charge on any atom is 0.178 e. The van der Waals surface area contributed by atoms with Crippen LogP contribution in [0.5, 0.6) is 0 Å². The van der Waals surface area contributed by atoms with Crippen molar-refractivity contribution in [2.75, 3.05) is 5.73 Å². The van der Waals surface area contributed by atoms with Gasteiger partial charge in [-0.15, -0.1) is 0 Å². The van der Waals surface area contributed by atoms with E-state index in [9.17, 15) is 0 Å². The summed E-state index contributed by atoms with van der Waals surface area (Å²) >= 11 is 0. The van der Waals surface area contributed by atoms with Crippen LogP contribution in [-0.2, 0) is 0 Å². The number of nitrogen functional groups attached to an aromatic ring is 1. The first-order valence-corrected chi connectivity index (χ1v) is 5.74. The zero-order valence-electron chi connectivity index (χ0n) is 9.54. The molecule has 3 aromatic heterocycles. The largest absolute Gasteiger partial charge is 0.399 e. The quantitative estimate of drug-likeness (QED) is 0.476. The fraction of sp³-hybridized carbons (Fsp3) is 0. The number of fused-ring (bicyclic) bond motifs is 5. The number of imidazole rings is 1. The van der Waals surface area contributed by atoms with Crippen LogP contribution in [0.25, 0.3) is 27.7 Å². The average Bonchev–Trinajstić information content (AvgIpc) is 2.77. The highest BCUT2D eigenvalue weighted by atomic mass is 15.0. The van der Waals surface area contributed by atoms with Crippen LogP contribution in [0.2, 0.25) is 0 Å². The molecule has 0 aliphatic carbocycles. The van der Waals surface area contributed by atoms with E-state index in [2.05, 4.69) is 14.4 Å². The molecular weight excluding hydrogens is 224 g/mol. The van der Waals surface area contributed by atoms with E-state index in [1.165, 1.54) is 0 Å². The Kier molecular flexibility index (Phi) is 1.67. The summed E-state index contributed by atoms with van der Waals surface area (Å²) in [5.74, 6) is 0. The molecule has 0 fully saturated rings. The Morgan fingerprint density at radius 1 is 1.00 bits per heavy atom. The van der Waals surface area contributed by atoms with Gasteiger partial charge in [-0.05, 0) is 42.5 Å². The van der Waals surface area contributed by atoms with Crippen molar-refractivity contribution in [2.45, 2.75) is 0 Å². The minimum Gasteiger partial charge on any atom is -0.399 e. The van der Waals surface area contributed by atoms with Crippen molar-refractivity contribution < 1.29 is 0 Å². The Balaban J connectivity index is 2.32. The van der Waals surface area contributed by atoms with Crippen molar-refractivity contribution in [2.24, 2.45) is 0 Å². The van der Waals surface area contributed by atoms with E-state index in [1.807, 2.05) is 42.5 Å². The lowest BCUT2D eigenvalue weighted by Gasteiger charge is -2.03. The summed E-state index contributed by atoms with van der Waals surface area (Å²) in [4.78, 5) is 8.79. The average molecular weight is 234 g/mol. The molecule has 4 heteroatoms. The highest BCUT2D eigenvalue weighted by Crippen LogP contribution is 2.23. The Morgan fingerprint density at radius 2 is 1.94 bits per heavy atom. The van der Waals surface area contributed by atoms with Crippen LogP contribution in [0.3, 0.4) is 0 Å². The maximum atomic E-state index is 5.82. The molecule has 4 nitrogen and oxygen atoms in total. The second-order valence-electron chi connectivity index (χ2n) is 4.30. The molecule has 86 valence electrons. The molecule has 1 aromatic carbocycles. The summed E-state index contributed by atoms with van der Waals surface area (Å²) in [5.41, 5.74) is 10.4. The summed E-state index contributed by atoms with van der Waals surface area (Å²) < 4.78 is 2.11. The number of anilines is 1. The molecule has 0 aliphatic rings.